The zero-order valence-electron chi connectivity index (χ0n) is 14.8. The van der Waals surface area contributed by atoms with Crippen LogP contribution in [-0.4, -0.2) is 38.1 Å². The number of amides is 2. The number of nitrogens with one attached hydrogen (secondary N) is 2. The SMILES string of the molecule is C[C@@H](C(=O)Nc1ccc(C(N)=O)cc1)[NH+](C)CCOc1ccc(Br)cc1. The fourth-order valence-corrected chi connectivity index (χ4v) is 2.53. The van der Waals surface area contributed by atoms with E-state index in [0.29, 0.717) is 24.4 Å². The highest BCUT2D eigenvalue weighted by Crippen LogP contribution is 2.15. The van der Waals surface area contributed by atoms with Crippen molar-refractivity contribution < 1.29 is 19.2 Å². The van der Waals surface area contributed by atoms with Crippen molar-refractivity contribution >= 4 is 33.4 Å². The van der Waals surface area contributed by atoms with Gasteiger partial charge >= 0.3 is 0 Å². The Morgan fingerprint density at radius 3 is 2.35 bits per heavy atom. The normalized spacial score (nSPS) is 12.9. The second-order valence-corrected chi connectivity index (χ2v) is 6.97. The second kappa shape index (κ2) is 9.35. The zero-order chi connectivity index (χ0) is 19.1. The van der Waals surface area contributed by atoms with Gasteiger partial charge in [-0.1, -0.05) is 15.9 Å². The molecule has 6 nitrogen and oxygen atoms in total. The summed E-state index contributed by atoms with van der Waals surface area (Å²) in [5.41, 5.74) is 6.24. The van der Waals surface area contributed by atoms with Crippen LogP contribution in [0.1, 0.15) is 17.3 Å². The average molecular weight is 421 g/mol. The number of hydrogen-bond donors (Lipinski definition) is 3. The highest BCUT2D eigenvalue weighted by molar-refractivity contribution is 9.10. The molecule has 1 unspecified atom stereocenters. The third kappa shape index (κ3) is 5.86. The van der Waals surface area contributed by atoms with E-state index < -0.39 is 5.91 Å². The lowest BCUT2D eigenvalue weighted by molar-refractivity contribution is -0.894. The predicted molar refractivity (Wildman–Crippen MR) is 104 cm³/mol. The van der Waals surface area contributed by atoms with Gasteiger partial charge in [-0.25, -0.2) is 0 Å². The molecule has 0 heterocycles. The fourth-order valence-electron chi connectivity index (χ4n) is 2.27. The maximum atomic E-state index is 12.4. The largest absolute Gasteiger partial charge is 0.488 e. The fraction of sp³-hybridized carbons (Fsp3) is 0.263. The van der Waals surface area contributed by atoms with Crippen molar-refractivity contribution in [1.29, 1.82) is 0 Å². The number of rotatable bonds is 8. The molecule has 0 aliphatic heterocycles. The molecule has 0 saturated heterocycles. The van der Waals surface area contributed by atoms with Gasteiger partial charge in [0.15, 0.2) is 6.04 Å². The molecule has 4 N–H and O–H groups in total. The first kappa shape index (κ1) is 19.9. The summed E-state index contributed by atoms with van der Waals surface area (Å²) >= 11 is 3.38. The van der Waals surface area contributed by atoms with Crippen LogP contribution in [0.2, 0.25) is 0 Å². The van der Waals surface area contributed by atoms with Gasteiger partial charge in [0.25, 0.3) is 5.91 Å². The van der Waals surface area contributed by atoms with Crippen LogP contribution in [0.25, 0.3) is 0 Å². The van der Waals surface area contributed by atoms with Gasteiger partial charge in [-0.05, 0) is 55.5 Å². The summed E-state index contributed by atoms with van der Waals surface area (Å²) in [6.07, 6.45) is 0. The van der Waals surface area contributed by atoms with E-state index in [1.54, 1.807) is 24.3 Å². The highest BCUT2D eigenvalue weighted by Gasteiger charge is 2.21. The Hall–Kier alpha value is -2.38. The Kier molecular flexibility index (Phi) is 7.17. The molecule has 2 atom stereocenters. The van der Waals surface area contributed by atoms with Crippen LogP contribution in [0.5, 0.6) is 5.75 Å². The molecule has 0 aliphatic rings. The minimum absolute atomic E-state index is 0.0991. The van der Waals surface area contributed by atoms with Crippen LogP contribution in [0.3, 0.4) is 0 Å². The third-order valence-electron chi connectivity index (χ3n) is 4.15. The number of carbonyl (C=O) groups excluding carboxylic acids is 2. The summed E-state index contributed by atoms with van der Waals surface area (Å²) in [6.45, 7) is 3.06. The molecule has 138 valence electrons. The van der Waals surface area contributed by atoms with Crippen LogP contribution in [0.15, 0.2) is 53.0 Å². The van der Waals surface area contributed by atoms with Gasteiger partial charge in [-0.15, -0.1) is 0 Å². The minimum atomic E-state index is -0.494. The van der Waals surface area contributed by atoms with E-state index in [9.17, 15) is 9.59 Å². The molecule has 0 fully saturated rings. The smallest absolute Gasteiger partial charge is 0.282 e. The topological polar surface area (TPSA) is 85.9 Å². The number of anilines is 1. The summed E-state index contributed by atoms with van der Waals surface area (Å²) in [7, 11) is 1.95. The number of halogens is 1. The highest BCUT2D eigenvalue weighted by atomic mass is 79.9. The van der Waals surface area contributed by atoms with Crippen molar-refractivity contribution in [1.82, 2.24) is 0 Å². The van der Waals surface area contributed by atoms with E-state index in [2.05, 4.69) is 21.2 Å². The zero-order valence-corrected chi connectivity index (χ0v) is 16.4. The van der Waals surface area contributed by atoms with Crippen molar-refractivity contribution in [3.05, 3.63) is 58.6 Å². The third-order valence-corrected chi connectivity index (χ3v) is 4.68. The first-order chi connectivity index (χ1) is 12.4. The number of likely N-dealkylation sites (N-methyl/N-ethyl adjacent to an activating group) is 1. The molecule has 2 rings (SSSR count). The first-order valence-electron chi connectivity index (χ1n) is 8.28. The maximum Gasteiger partial charge on any atom is 0.282 e. The molecule has 0 aromatic heterocycles. The van der Waals surface area contributed by atoms with Gasteiger partial charge < -0.3 is 20.7 Å². The van der Waals surface area contributed by atoms with Gasteiger partial charge in [0, 0.05) is 15.7 Å². The molecule has 0 saturated carbocycles. The molecule has 0 spiro atoms. The summed E-state index contributed by atoms with van der Waals surface area (Å²) < 4.78 is 6.70. The minimum Gasteiger partial charge on any atom is -0.488 e. The van der Waals surface area contributed by atoms with E-state index in [1.807, 2.05) is 38.2 Å². The lowest BCUT2D eigenvalue weighted by atomic mass is 10.2. The predicted octanol–water partition coefficient (Wildman–Crippen LogP) is 1.47. The monoisotopic (exact) mass is 420 g/mol. The van der Waals surface area contributed by atoms with E-state index in [0.717, 1.165) is 15.1 Å². The molecule has 2 aromatic rings. The van der Waals surface area contributed by atoms with E-state index in [-0.39, 0.29) is 11.9 Å². The van der Waals surface area contributed by atoms with Crippen LogP contribution < -0.4 is 20.7 Å². The Morgan fingerprint density at radius 2 is 1.77 bits per heavy atom. The standard InChI is InChI=1S/C19H22BrN3O3/c1-13(19(25)22-16-7-3-14(4-8-16)18(21)24)23(2)11-12-26-17-9-5-15(20)6-10-17/h3-10,13H,11-12H2,1-2H3,(H2,21,24)(H,22,25)/p+1/t13-/m0/s1. The number of ether oxygens (including phenoxy) is 1. The number of nitrogens with two attached hydrogens (primary N) is 1. The molecular formula is C19H23BrN3O3+. The van der Waals surface area contributed by atoms with Crippen LogP contribution in [0, 0.1) is 0 Å². The molecule has 26 heavy (non-hydrogen) atoms. The molecule has 2 amide bonds. The number of quaternary nitrogens is 1. The molecule has 0 aliphatic carbocycles. The van der Waals surface area contributed by atoms with E-state index >= 15 is 0 Å². The van der Waals surface area contributed by atoms with Crippen molar-refractivity contribution in [3.63, 3.8) is 0 Å². The van der Waals surface area contributed by atoms with Gasteiger partial charge in [-0.3, -0.25) is 9.59 Å². The number of primary amides is 1. The van der Waals surface area contributed by atoms with Crippen LogP contribution >= 0.6 is 15.9 Å². The van der Waals surface area contributed by atoms with Gasteiger partial charge in [0.1, 0.15) is 18.9 Å². The summed E-state index contributed by atoms with van der Waals surface area (Å²) in [4.78, 5) is 24.5. The molecule has 2 aromatic carbocycles. The Labute approximate surface area is 161 Å². The van der Waals surface area contributed by atoms with Crippen LogP contribution in [-0.2, 0) is 4.79 Å². The van der Waals surface area contributed by atoms with Crippen molar-refractivity contribution in [2.24, 2.45) is 5.73 Å². The molecule has 0 bridgehead atoms. The van der Waals surface area contributed by atoms with Crippen molar-refractivity contribution in [2.75, 3.05) is 25.5 Å². The average Bonchev–Trinajstić information content (AvgIpc) is 2.63. The Morgan fingerprint density at radius 1 is 1.15 bits per heavy atom. The van der Waals surface area contributed by atoms with Gasteiger partial charge in [-0.2, -0.15) is 0 Å². The van der Waals surface area contributed by atoms with E-state index in [1.165, 1.54) is 0 Å². The Bertz CT molecular complexity index is 748. The lowest BCUT2D eigenvalue weighted by Gasteiger charge is -2.21. The quantitative estimate of drug-likeness (QED) is 0.604. The van der Waals surface area contributed by atoms with Crippen molar-refractivity contribution in [2.45, 2.75) is 13.0 Å². The van der Waals surface area contributed by atoms with Gasteiger partial charge in [0.05, 0.1) is 7.05 Å². The number of benzene rings is 2. The molecular weight excluding hydrogens is 398 g/mol. The summed E-state index contributed by atoms with van der Waals surface area (Å²) in [6, 6.07) is 13.9. The first-order valence-corrected chi connectivity index (χ1v) is 9.07. The molecule has 7 heteroatoms. The van der Waals surface area contributed by atoms with Crippen LogP contribution in [0.4, 0.5) is 5.69 Å². The van der Waals surface area contributed by atoms with Crippen molar-refractivity contribution in [3.8, 4) is 5.75 Å². The summed E-state index contributed by atoms with van der Waals surface area (Å²) in [5.74, 6) is 0.205. The van der Waals surface area contributed by atoms with E-state index in [4.69, 9.17) is 10.5 Å². The van der Waals surface area contributed by atoms with Gasteiger partial charge in [0.2, 0.25) is 5.91 Å². The second-order valence-electron chi connectivity index (χ2n) is 6.05. The maximum absolute atomic E-state index is 12.4. The number of carbonyl (C=O) groups is 2. The molecule has 0 radical (unpaired) electrons. The number of hydrogen-bond acceptors (Lipinski definition) is 3. The Balaban J connectivity index is 1.80. The lowest BCUT2D eigenvalue weighted by Crippen LogP contribution is -3.14. The summed E-state index contributed by atoms with van der Waals surface area (Å²) in [5, 5.41) is 2.85.